The molecule has 0 aliphatic carbocycles. The summed E-state index contributed by atoms with van der Waals surface area (Å²) in [5.74, 6) is -1.15. The number of nitrogens with two attached hydrogens (primary N) is 1. The van der Waals surface area contributed by atoms with E-state index in [0.29, 0.717) is 5.69 Å². The summed E-state index contributed by atoms with van der Waals surface area (Å²) in [5.41, 5.74) is 10.5. The van der Waals surface area contributed by atoms with Crippen LogP contribution in [0, 0.1) is 0 Å². The first kappa shape index (κ1) is 19.6. The number of amides is 1. The van der Waals surface area contributed by atoms with E-state index in [1.807, 2.05) is 36.4 Å². The van der Waals surface area contributed by atoms with Gasteiger partial charge in [-0.1, -0.05) is 30.3 Å². The smallest absolute Gasteiger partial charge is 0.335 e. The Morgan fingerprint density at radius 1 is 1.00 bits per heavy atom. The van der Waals surface area contributed by atoms with Crippen LogP contribution in [0.25, 0.3) is 21.3 Å². The summed E-state index contributed by atoms with van der Waals surface area (Å²) < 4.78 is 1.01. The molecule has 1 heterocycles. The van der Waals surface area contributed by atoms with Crippen LogP contribution in [0.3, 0.4) is 0 Å². The average Bonchev–Trinajstić information content (AvgIpc) is 3.13. The van der Waals surface area contributed by atoms with E-state index in [1.165, 1.54) is 17.4 Å². The Bertz CT molecular complexity index is 1250. The van der Waals surface area contributed by atoms with E-state index >= 15 is 0 Å². The van der Waals surface area contributed by atoms with Gasteiger partial charge in [-0.3, -0.25) is 4.79 Å². The summed E-state index contributed by atoms with van der Waals surface area (Å²) in [6, 6.07) is 20.2. The van der Waals surface area contributed by atoms with Gasteiger partial charge >= 0.3 is 5.97 Å². The van der Waals surface area contributed by atoms with Crippen LogP contribution in [-0.2, 0) is 17.8 Å². The molecule has 0 radical (unpaired) electrons. The number of carbonyl (C=O) groups is 2. The third-order valence-electron chi connectivity index (χ3n) is 4.63. The van der Waals surface area contributed by atoms with Gasteiger partial charge in [-0.2, -0.15) is 0 Å². The minimum Gasteiger partial charge on any atom is -0.478 e. The Hall–Kier alpha value is -3.71. The fraction of sp³-hybridized carbons (Fsp3) is 0.0870. The highest BCUT2D eigenvalue weighted by Gasteiger charge is 2.11. The molecule has 0 saturated heterocycles. The average molecular weight is 417 g/mol. The molecule has 0 bridgehead atoms. The second-order valence-electron chi connectivity index (χ2n) is 6.87. The van der Waals surface area contributed by atoms with Crippen molar-refractivity contribution >= 4 is 39.1 Å². The minimum absolute atomic E-state index is 0.161. The lowest BCUT2D eigenvalue weighted by molar-refractivity contribution is -0.120. The fourth-order valence-electron chi connectivity index (χ4n) is 3.16. The van der Waals surface area contributed by atoms with Gasteiger partial charge in [0.05, 0.1) is 22.2 Å². The monoisotopic (exact) mass is 417 g/mol. The van der Waals surface area contributed by atoms with E-state index in [2.05, 4.69) is 16.4 Å². The van der Waals surface area contributed by atoms with Crippen molar-refractivity contribution in [1.29, 1.82) is 0 Å². The summed E-state index contributed by atoms with van der Waals surface area (Å²) in [6.45, 7) is 0.268. The number of nitrogens with zero attached hydrogens (tertiary/aromatic N) is 1. The highest BCUT2D eigenvalue weighted by molar-refractivity contribution is 7.18. The zero-order chi connectivity index (χ0) is 21.1. The third-order valence-corrected chi connectivity index (χ3v) is 5.65. The highest BCUT2D eigenvalue weighted by Crippen LogP contribution is 2.29. The van der Waals surface area contributed by atoms with Gasteiger partial charge < -0.3 is 16.2 Å². The number of aromatic nitrogens is 1. The molecule has 150 valence electrons. The normalized spacial score (nSPS) is 10.8. The van der Waals surface area contributed by atoms with Gasteiger partial charge in [-0.15, -0.1) is 11.3 Å². The SMILES string of the molecule is Nc1cccc(-c2ccc3nc(CC(=O)NCc4cccc(C(=O)O)c4)sc3c2)c1. The molecule has 0 aliphatic rings. The number of nitrogens with one attached hydrogen (secondary N) is 1. The van der Waals surface area contributed by atoms with Crippen LogP contribution in [-0.4, -0.2) is 22.0 Å². The predicted octanol–water partition coefficient (Wildman–Crippen LogP) is 4.10. The van der Waals surface area contributed by atoms with Gasteiger partial charge in [0.25, 0.3) is 0 Å². The number of rotatable bonds is 6. The summed E-state index contributed by atoms with van der Waals surface area (Å²) >= 11 is 1.49. The van der Waals surface area contributed by atoms with Crippen molar-refractivity contribution < 1.29 is 14.7 Å². The van der Waals surface area contributed by atoms with E-state index in [9.17, 15) is 9.59 Å². The van der Waals surface area contributed by atoms with E-state index in [1.54, 1.807) is 18.2 Å². The van der Waals surface area contributed by atoms with Gasteiger partial charge in [-0.25, -0.2) is 9.78 Å². The van der Waals surface area contributed by atoms with Crippen LogP contribution in [0.1, 0.15) is 20.9 Å². The molecule has 4 aromatic rings. The highest BCUT2D eigenvalue weighted by atomic mass is 32.1. The number of carboxylic acids is 1. The number of anilines is 1. The largest absolute Gasteiger partial charge is 0.478 e. The molecule has 7 heteroatoms. The maximum absolute atomic E-state index is 12.3. The molecule has 0 fully saturated rings. The summed E-state index contributed by atoms with van der Waals surface area (Å²) in [4.78, 5) is 27.9. The Morgan fingerprint density at radius 3 is 2.60 bits per heavy atom. The molecule has 1 amide bonds. The van der Waals surface area contributed by atoms with Crippen molar-refractivity contribution in [1.82, 2.24) is 10.3 Å². The molecule has 4 N–H and O–H groups in total. The molecule has 0 aliphatic heterocycles. The number of carboxylic acid groups (broad SMARTS) is 1. The molecule has 0 spiro atoms. The van der Waals surface area contributed by atoms with E-state index in [-0.39, 0.29) is 24.4 Å². The van der Waals surface area contributed by atoms with Crippen molar-refractivity contribution in [3.8, 4) is 11.1 Å². The van der Waals surface area contributed by atoms with Crippen molar-refractivity contribution in [2.75, 3.05) is 5.73 Å². The number of hydrogen-bond acceptors (Lipinski definition) is 5. The van der Waals surface area contributed by atoms with Gasteiger partial charge in [-0.05, 0) is 53.1 Å². The minimum atomic E-state index is -0.991. The van der Waals surface area contributed by atoms with Crippen LogP contribution >= 0.6 is 11.3 Å². The van der Waals surface area contributed by atoms with Crippen molar-refractivity contribution in [3.05, 3.63) is 82.9 Å². The Morgan fingerprint density at radius 2 is 1.80 bits per heavy atom. The van der Waals surface area contributed by atoms with Crippen molar-refractivity contribution in [2.45, 2.75) is 13.0 Å². The van der Waals surface area contributed by atoms with Gasteiger partial charge in [0.15, 0.2) is 0 Å². The summed E-state index contributed by atoms with van der Waals surface area (Å²) in [7, 11) is 0. The number of benzene rings is 3. The number of aromatic carboxylic acids is 1. The number of thiazole rings is 1. The zero-order valence-corrected chi connectivity index (χ0v) is 16.8. The lowest BCUT2D eigenvalue weighted by atomic mass is 10.1. The first-order valence-electron chi connectivity index (χ1n) is 9.32. The molecule has 4 rings (SSSR count). The van der Waals surface area contributed by atoms with Crippen LogP contribution in [0.15, 0.2) is 66.7 Å². The van der Waals surface area contributed by atoms with Crippen LogP contribution in [0.2, 0.25) is 0 Å². The Balaban J connectivity index is 1.44. The number of hydrogen-bond donors (Lipinski definition) is 3. The van der Waals surface area contributed by atoms with Gasteiger partial charge in [0, 0.05) is 12.2 Å². The Kier molecular flexibility index (Phi) is 5.45. The summed E-state index contributed by atoms with van der Waals surface area (Å²) in [6.07, 6.45) is 0.172. The first-order valence-corrected chi connectivity index (χ1v) is 10.1. The van der Waals surface area contributed by atoms with Gasteiger partial charge in [0.1, 0.15) is 5.01 Å². The molecule has 1 aromatic heterocycles. The van der Waals surface area contributed by atoms with E-state index in [0.717, 1.165) is 31.9 Å². The molecular weight excluding hydrogens is 398 g/mol. The topological polar surface area (TPSA) is 105 Å². The summed E-state index contributed by atoms with van der Waals surface area (Å²) in [5, 5.41) is 12.6. The number of carbonyl (C=O) groups excluding carboxylic acids is 1. The molecule has 3 aromatic carbocycles. The van der Waals surface area contributed by atoms with Crippen molar-refractivity contribution in [2.24, 2.45) is 0 Å². The predicted molar refractivity (Wildman–Crippen MR) is 118 cm³/mol. The molecule has 0 saturated carbocycles. The lowest BCUT2D eigenvalue weighted by Gasteiger charge is -2.05. The quantitative estimate of drug-likeness (QED) is 0.410. The van der Waals surface area contributed by atoms with Crippen LogP contribution in [0.4, 0.5) is 5.69 Å². The van der Waals surface area contributed by atoms with Crippen LogP contribution in [0.5, 0.6) is 0 Å². The first-order chi connectivity index (χ1) is 14.5. The Labute approximate surface area is 177 Å². The molecular formula is C23H19N3O3S. The second kappa shape index (κ2) is 8.34. The number of nitrogen functional groups attached to an aromatic ring is 1. The number of fused-ring (bicyclic) bond motifs is 1. The molecule has 0 atom stereocenters. The van der Waals surface area contributed by atoms with E-state index < -0.39 is 5.97 Å². The maximum atomic E-state index is 12.3. The van der Waals surface area contributed by atoms with Crippen molar-refractivity contribution in [3.63, 3.8) is 0 Å². The van der Waals surface area contributed by atoms with E-state index in [4.69, 9.17) is 10.8 Å². The molecule has 30 heavy (non-hydrogen) atoms. The molecule has 6 nitrogen and oxygen atoms in total. The second-order valence-corrected chi connectivity index (χ2v) is 7.99. The standard InChI is InChI=1S/C23H19N3O3S/c24-18-6-2-4-15(10-18)16-7-8-19-20(11-16)30-22(26-19)12-21(27)25-13-14-3-1-5-17(9-14)23(28)29/h1-11H,12-13,24H2,(H,25,27)(H,28,29). The van der Waals surface area contributed by atoms with Crippen LogP contribution < -0.4 is 11.1 Å². The third kappa shape index (κ3) is 4.47. The fourth-order valence-corrected chi connectivity index (χ4v) is 4.17. The van der Waals surface area contributed by atoms with Gasteiger partial charge in [0.2, 0.25) is 5.91 Å². The maximum Gasteiger partial charge on any atom is 0.335 e. The molecule has 0 unspecified atom stereocenters. The lowest BCUT2D eigenvalue weighted by Crippen LogP contribution is -2.24. The zero-order valence-electron chi connectivity index (χ0n) is 16.0.